The standard InChI is InChI=1S/C16H18F3N3O/c17-16(18,19)14-4-2-1-3-13(14)15-9-12(23)10-22(15)8-7-21-6-5-20-11-21/h1-6,11-12,15,23H,7-10H2/t12-,15-/m0/s1. The van der Waals surface area contributed by atoms with Gasteiger partial charge in [0.15, 0.2) is 0 Å². The lowest BCUT2D eigenvalue weighted by atomic mass is 9.97. The zero-order valence-electron chi connectivity index (χ0n) is 12.4. The maximum atomic E-state index is 13.2. The molecule has 1 aliphatic rings. The van der Waals surface area contributed by atoms with Crippen LogP contribution in [-0.4, -0.2) is 38.8 Å². The summed E-state index contributed by atoms with van der Waals surface area (Å²) in [6.07, 6.45) is 0.465. The topological polar surface area (TPSA) is 41.3 Å². The molecule has 1 aliphatic heterocycles. The molecule has 0 spiro atoms. The van der Waals surface area contributed by atoms with Gasteiger partial charge in [0.25, 0.3) is 0 Å². The lowest BCUT2D eigenvalue weighted by Crippen LogP contribution is -2.29. The van der Waals surface area contributed by atoms with Crippen LogP contribution in [0.5, 0.6) is 0 Å². The van der Waals surface area contributed by atoms with Crippen molar-refractivity contribution in [2.24, 2.45) is 0 Å². The fourth-order valence-corrected chi connectivity index (χ4v) is 3.16. The molecule has 1 N–H and O–H groups in total. The van der Waals surface area contributed by atoms with E-state index in [4.69, 9.17) is 0 Å². The van der Waals surface area contributed by atoms with Crippen LogP contribution in [0.4, 0.5) is 13.2 Å². The first kappa shape index (κ1) is 16.0. The molecule has 1 aromatic carbocycles. The second-order valence-electron chi connectivity index (χ2n) is 5.79. The average Bonchev–Trinajstić information content (AvgIpc) is 3.13. The van der Waals surface area contributed by atoms with E-state index in [0.29, 0.717) is 26.1 Å². The summed E-state index contributed by atoms with van der Waals surface area (Å²) in [6.45, 7) is 1.56. The number of β-amino-alcohol motifs (C(OH)–C–C–N with tert-alkyl or cyclic N) is 1. The Morgan fingerprint density at radius 2 is 2.00 bits per heavy atom. The Balaban J connectivity index is 1.82. The minimum atomic E-state index is -4.39. The highest BCUT2D eigenvalue weighted by Crippen LogP contribution is 2.40. The van der Waals surface area contributed by atoms with Crippen molar-refractivity contribution in [2.75, 3.05) is 13.1 Å². The van der Waals surface area contributed by atoms with Crippen molar-refractivity contribution in [3.8, 4) is 0 Å². The van der Waals surface area contributed by atoms with E-state index in [-0.39, 0.29) is 5.56 Å². The summed E-state index contributed by atoms with van der Waals surface area (Å²) in [5, 5.41) is 9.94. The van der Waals surface area contributed by atoms with Crippen LogP contribution in [0.2, 0.25) is 0 Å². The molecule has 0 saturated carbocycles. The van der Waals surface area contributed by atoms with Gasteiger partial charge in [-0.15, -0.1) is 0 Å². The Labute approximate surface area is 132 Å². The Hall–Kier alpha value is -1.86. The predicted octanol–water partition coefficient (Wildman–Crippen LogP) is 2.71. The number of aliphatic hydroxyl groups is 1. The minimum absolute atomic E-state index is 0.238. The molecule has 0 radical (unpaired) electrons. The molecule has 3 rings (SSSR count). The monoisotopic (exact) mass is 325 g/mol. The van der Waals surface area contributed by atoms with Crippen molar-refractivity contribution >= 4 is 0 Å². The molecule has 2 aromatic rings. The van der Waals surface area contributed by atoms with Crippen LogP contribution in [0.25, 0.3) is 0 Å². The third kappa shape index (κ3) is 3.56. The van der Waals surface area contributed by atoms with Crippen LogP contribution in [0.3, 0.4) is 0 Å². The van der Waals surface area contributed by atoms with E-state index >= 15 is 0 Å². The molecule has 2 heterocycles. The molecule has 23 heavy (non-hydrogen) atoms. The quantitative estimate of drug-likeness (QED) is 0.940. The van der Waals surface area contributed by atoms with E-state index in [0.717, 1.165) is 6.07 Å². The highest BCUT2D eigenvalue weighted by molar-refractivity contribution is 5.33. The number of rotatable bonds is 4. The molecule has 1 saturated heterocycles. The van der Waals surface area contributed by atoms with E-state index in [1.54, 1.807) is 18.6 Å². The summed E-state index contributed by atoms with van der Waals surface area (Å²) in [6, 6.07) is 5.20. The highest BCUT2D eigenvalue weighted by Gasteiger charge is 2.39. The third-order valence-corrected chi connectivity index (χ3v) is 4.21. The molecule has 1 aromatic heterocycles. The number of hydrogen-bond acceptors (Lipinski definition) is 3. The molecule has 1 fully saturated rings. The zero-order chi connectivity index (χ0) is 16.4. The Morgan fingerprint density at radius 1 is 1.22 bits per heavy atom. The summed E-state index contributed by atoms with van der Waals surface area (Å²) >= 11 is 0. The van der Waals surface area contributed by atoms with Gasteiger partial charge in [-0.2, -0.15) is 13.2 Å². The van der Waals surface area contributed by atoms with E-state index in [1.165, 1.54) is 12.1 Å². The number of hydrogen-bond donors (Lipinski definition) is 1. The largest absolute Gasteiger partial charge is 0.416 e. The number of benzene rings is 1. The van der Waals surface area contributed by atoms with Gasteiger partial charge in [-0.25, -0.2) is 4.98 Å². The second-order valence-corrected chi connectivity index (χ2v) is 5.79. The minimum Gasteiger partial charge on any atom is -0.392 e. The van der Waals surface area contributed by atoms with Gasteiger partial charge in [0.1, 0.15) is 0 Å². The zero-order valence-corrected chi connectivity index (χ0v) is 12.4. The fourth-order valence-electron chi connectivity index (χ4n) is 3.16. The molecule has 2 atom stereocenters. The van der Waals surface area contributed by atoms with Gasteiger partial charge in [-0.1, -0.05) is 18.2 Å². The maximum absolute atomic E-state index is 13.2. The van der Waals surface area contributed by atoms with Crippen LogP contribution in [0.15, 0.2) is 43.0 Å². The van der Waals surface area contributed by atoms with Gasteiger partial charge < -0.3 is 9.67 Å². The number of likely N-dealkylation sites (tertiary alicyclic amines) is 1. The molecule has 0 amide bonds. The van der Waals surface area contributed by atoms with Crippen molar-refractivity contribution in [3.63, 3.8) is 0 Å². The van der Waals surface area contributed by atoms with Crippen molar-refractivity contribution in [2.45, 2.75) is 31.3 Å². The smallest absolute Gasteiger partial charge is 0.392 e. The lowest BCUT2D eigenvalue weighted by Gasteiger charge is -2.27. The van der Waals surface area contributed by atoms with Gasteiger partial charge in [0.05, 0.1) is 18.0 Å². The van der Waals surface area contributed by atoms with E-state index < -0.39 is 23.9 Å². The van der Waals surface area contributed by atoms with E-state index in [9.17, 15) is 18.3 Å². The van der Waals surface area contributed by atoms with Crippen molar-refractivity contribution < 1.29 is 18.3 Å². The predicted molar refractivity (Wildman–Crippen MR) is 78.6 cm³/mol. The molecular formula is C16H18F3N3O. The summed E-state index contributed by atoms with van der Waals surface area (Å²) < 4.78 is 41.6. The highest BCUT2D eigenvalue weighted by atomic mass is 19.4. The first-order valence-electron chi connectivity index (χ1n) is 7.49. The third-order valence-electron chi connectivity index (χ3n) is 4.21. The first-order chi connectivity index (χ1) is 10.9. The van der Waals surface area contributed by atoms with Gasteiger partial charge in [0.2, 0.25) is 0 Å². The van der Waals surface area contributed by atoms with Gasteiger partial charge in [-0.05, 0) is 18.1 Å². The SMILES string of the molecule is O[C@H]1C[C@@H](c2ccccc2C(F)(F)F)N(CCn2ccnc2)C1. The van der Waals surface area contributed by atoms with E-state index in [1.807, 2.05) is 15.7 Å². The fraction of sp³-hybridized carbons (Fsp3) is 0.438. The molecular weight excluding hydrogens is 307 g/mol. The Morgan fingerprint density at radius 3 is 2.70 bits per heavy atom. The number of alkyl halides is 3. The Bertz CT molecular complexity index is 642. The van der Waals surface area contributed by atoms with Crippen LogP contribution < -0.4 is 0 Å². The molecule has 0 aliphatic carbocycles. The summed E-state index contributed by atoms with van der Waals surface area (Å²) in [5.74, 6) is 0. The van der Waals surface area contributed by atoms with Crippen molar-refractivity contribution in [1.29, 1.82) is 0 Å². The number of aliphatic hydroxyl groups excluding tert-OH is 1. The summed E-state index contributed by atoms with van der Waals surface area (Å²) in [4.78, 5) is 5.86. The molecule has 0 unspecified atom stereocenters. The van der Waals surface area contributed by atoms with Crippen LogP contribution >= 0.6 is 0 Å². The normalized spacial score (nSPS) is 22.6. The molecule has 7 heteroatoms. The number of nitrogens with zero attached hydrogens (tertiary/aromatic N) is 3. The molecule has 124 valence electrons. The average molecular weight is 325 g/mol. The van der Waals surface area contributed by atoms with Crippen LogP contribution in [0, 0.1) is 0 Å². The van der Waals surface area contributed by atoms with Gasteiger partial charge in [0, 0.05) is 38.1 Å². The molecule has 4 nitrogen and oxygen atoms in total. The van der Waals surface area contributed by atoms with Gasteiger partial charge in [-0.3, -0.25) is 4.90 Å². The maximum Gasteiger partial charge on any atom is 0.416 e. The number of imidazole rings is 1. The van der Waals surface area contributed by atoms with Crippen molar-refractivity contribution in [1.82, 2.24) is 14.5 Å². The summed E-state index contributed by atoms with van der Waals surface area (Å²) in [5.41, 5.74) is -0.381. The number of halogens is 3. The second kappa shape index (κ2) is 6.33. The number of aromatic nitrogens is 2. The first-order valence-corrected chi connectivity index (χ1v) is 7.49. The molecule has 0 bridgehead atoms. The lowest BCUT2D eigenvalue weighted by molar-refractivity contribution is -0.138. The Kier molecular flexibility index (Phi) is 4.41. The van der Waals surface area contributed by atoms with Crippen molar-refractivity contribution in [3.05, 3.63) is 54.1 Å². The van der Waals surface area contributed by atoms with Crippen LogP contribution in [-0.2, 0) is 12.7 Å². The van der Waals surface area contributed by atoms with Crippen LogP contribution in [0.1, 0.15) is 23.6 Å². The van der Waals surface area contributed by atoms with E-state index in [2.05, 4.69) is 4.98 Å². The van der Waals surface area contributed by atoms with Gasteiger partial charge >= 0.3 is 6.18 Å². The summed E-state index contributed by atoms with van der Waals surface area (Å²) in [7, 11) is 0.